The van der Waals surface area contributed by atoms with Gasteiger partial charge in [-0.1, -0.05) is 12.1 Å². The highest BCUT2D eigenvalue weighted by molar-refractivity contribution is 5.94. The van der Waals surface area contributed by atoms with Crippen molar-refractivity contribution in [2.45, 2.75) is 6.54 Å². The van der Waals surface area contributed by atoms with Crippen molar-refractivity contribution in [2.75, 3.05) is 5.32 Å². The minimum absolute atomic E-state index is 0.0334. The van der Waals surface area contributed by atoms with Crippen molar-refractivity contribution in [3.63, 3.8) is 0 Å². The van der Waals surface area contributed by atoms with Crippen molar-refractivity contribution in [1.82, 2.24) is 9.55 Å². The van der Waals surface area contributed by atoms with Gasteiger partial charge in [0.1, 0.15) is 12.4 Å². The number of hydrogen-bond donors (Lipinski definition) is 2. The molecule has 0 atom stereocenters. The predicted octanol–water partition coefficient (Wildman–Crippen LogP) is 3.95. The van der Waals surface area contributed by atoms with Crippen LogP contribution in [0.2, 0.25) is 0 Å². The number of nitrogens with zero attached hydrogens (tertiary/aromatic N) is 3. The molecule has 0 spiro atoms. The maximum Gasteiger partial charge on any atom is 0.335 e. The fourth-order valence-electron chi connectivity index (χ4n) is 3.23. The molecule has 4 rings (SSSR count). The number of non-ortho nitro benzene ring substituents is 1. The maximum absolute atomic E-state index is 12.7. The van der Waals surface area contributed by atoms with Crippen LogP contribution in [0.1, 0.15) is 10.4 Å². The van der Waals surface area contributed by atoms with Gasteiger partial charge >= 0.3 is 5.97 Å². The lowest BCUT2D eigenvalue weighted by atomic mass is 10.2. The Labute approximate surface area is 175 Å². The van der Waals surface area contributed by atoms with Crippen LogP contribution in [0.5, 0.6) is 0 Å². The van der Waals surface area contributed by atoms with Gasteiger partial charge in [0.15, 0.2) is 0 Å². The molecule has 1 amide bonds. The summed E-state index contributed by atoms with van der Waals surface area (Å²) in [6.45, 7) is -0.0481. The van der Waals surface area contributed by atoms with E-state index in [1.54, 1.807) is 16.7 Å². The van der Waals surface area contributed by atoms with Gasteiger partial charge in [-0.2, -0.15) is 0 Å². The molecule has 2 N–H and O–H groups in total. The van der Waals surface area contributed by atoms with Crippen LogP contribution in [-0.2, 0) is 11.3 Å². The SMILES string of the molecule is O=C(Cn1c(-c2ccc([N+](=O)[O-])cc2)nc2ccccc21)Nc1ccc(C(=O)O)cc1. The van der Waals surface area contributed by atoms with Crippen LogP contribution in [0.25, 0.3) is 22.4 Å². The summed E-state index contributed by atoms with van der Waals surface area (Å²) in [6.07, 6.45) is 0. The van der Waals surface area contributed by atoms with Crippen LogP contribution in [0.3, 0.4) is 0 Å². The second-order valence-corrected chi connectivity index (χ2v) is 6.74. The minimum atomic E-state index is -1.05. The number of rotatable bonds is 6. The molecule has 4 aromatic rings. The number of nitro groups is 1. The molecule has 0 fully saturated rings. The second-order valence-electron chi connectivity index (χ2n) is 6.74. The first kappa shape index (κ1) is 19.8. The average Bonchev–Trinajstić information content (AvgIpc) is 3.12. The van der Waals surface area contributed by atoms with Crippen molar-refractivity contribution >= 4 is 34.3 Å². The first-order valence-corrected chi connectivity index (χ1v) is 9.25. The molecule has 0 aliphatic carbocycles. The Kier molecular flexibility index (Phi) is 5.15. The summed E-state index contributed by atoms with van der Waals surface area (Å²) in [6, 6.07) is 19.2. The van der Waals surface area contributed by atoms with E-state index in [4.69, 9.17) is 5.11 Å². The molecule has 31 heavy (non-hydrogen) atoms. The Morgan fingerprint density at radius 1 is 1.00 bits per heavy atom. The summed E-state index contributed by atoms with van der Waals surface area (Å²) in [5.74, 6) is -0.864. The van der Waals surface area contributed by atoms with E-state index in [9.17, 15) is 19.7 Å². The number of aromatic carboxylic acids is 1. The molecule has 1 aromatic heterocycles. The van der Waals surface area contributed by atoms with E-state index < -0.39 is 10.9 Å². The van der Waals surface area contributed by atoms with E-state index in [0.29, 0.717) is 22.6 Å². The number of carboxylic acid groups (broad SMARTS) is 1. The summed E-state index contributed by atoms with van der Waals surface area (Å²) in [5, 5.41) is 22.7. The Morgan fingerprint density at radius 3 is 2.32 bits per heavy atom. The molecule has 0 aliphatic rings. The zero-order valence-corrected chi connectivity index (χ0v) is 16.1. The molecule has 1 heterocycles. The van der Waals surface area contributed by atoms with E-state index in [1.165, 1.54) is 36.4 Å². The third kappa shape index (κ3) is 4.10. The molecule has 0 aliphatic heterocycles. The van der Waals surface area contributed by atoms with E-state index >= 15 is 0 Å². The lowest BCUT2D eigenvalue weighted by Crippen LogP contribution is -2.19. The van der Waals surface area contributed by atoms with Crippen LogP contribution in [0.4, 0.5) is 11.4 Å². The Hall–Kier alpha value is -4.53. The molecule has 0 saturated carbocycles. The normalized spacial score (nSPS) is 10.7. The Bertz CT molecular complexity index is 1290. The van der Waals surface area contributed by atoms with Gasteiger partial charge in [0.05, 0.1) is 21.5 Å². The van der Waals surface area contributed by atoms with Crippen LogP contribution >= 0.6 is 0 Å². The molecule has 9 heteroatoms. The van der Waals surface area contributed by atoms with Gasteiger partial charge in [-0.25, -0.2) is 9.78 Å². The number of nitro benzene ring substituents is 1. The molecule has 9 nitrogen and oxygen atoms in total. The average molecular weight is 416 g/mol. The maximum atomic E-state index is 12.7. The van der Waals surface area contributed by atoms with Crippen molar-refractivity contribution < 1.29 is 19.6 Å². The number of carboxylic acids is 1. The molecule has 0 saturated heterocycles. The van der Waals surface area contributed by atoms with Crippen molar-refractivity contribution in [3.8, 4) is 11.4 Å². The molecule has 3 aromatic carbocycles. The van der Waals surface area contributed by atoms with E-state index in [1.807, 2.05) is 24.3 Å². The Morgan fingerprint density at radius 2 is 1.68 bits per heavy atom. The molecule has 0 unspecified atom stereocenters. The number of fused-ring (bicyclic) bond motifs is 1. The monoisotopic (exact) mass is 416 g/mol. The topological polar surface area (TPSA) is 127 Å². The standard InChI is InChI=1S/C22H16N4O5/c27-20(23-16-9-5-15(6-10-16)22(28)29)13-25-19-4-2-1-3-18(19)24-21(25)14-7-11-17(12-8-14)26(30)31/h1-12H,13H2,(H,23,27)(H,28,29). The number of amides is 1. The van der Waals surface area contributed by atoms with Crippen LogP contribution in [0, 0.1) is 10.1 Å². The van der Waals surface area contributed by atoms with Gasteiger partial charge in [0, 0.05) is 23.4 Å². The molecular weight excluding hydrogens is 400 g/mol. The number of anilines is 1. The van der Waals surface area contributed by atoms with Gasteiger partial charge in [0.25, 0.3) is 5.69 Å². The summed E-state index contributed by atoms with van der Waals surface area (Å²) < 4.78 is 1.73. The van der Waals surface area contributed by atoms with Gasteiger partial charge < -0.3 is 15.0 Å². The van der Waals surface area contributed by atoms with Gasteiger partial charge in [-0.15, -0.1) is 0 Å². The summed E-state index contributed by atoms with van der Waals surface area (Å²) >= 11 is 0. The van der Waals surface area contributed by atoms with Crippen LogP contribution in [-0.4, -0.2) is 31.5 Å². The van der Waals surface area contributed by atoms with Crippen molar-refractivity contribution in [1.29, 1.82) is 0 Å². The van der Waals surface area contributed by atoms with Crippen LogP contribution < -0.4 is 5.32 Å². The highest BCUT2D eigenvalue weighted by Crippen LogP contribution is 2.26. The molecule has 154 valence electrons. The Balaban J connectivity index is 1.64. The quantitative estimate of drug-likeness (QED) is 0.362. The number of carbonyl (C=O) groups is 2. The molecule has 0 bridgehead atoms. The first-order valence-electron chi connectivity index (χ1n) is 9.25. The predicted molar refractivity (Wildman–Crippen MR) is 114 cm³/mol. The zero-order chi connectivity index (χ0) is 22.0. The van der Waals surface area contributed by atoms with Crippen molar-refractivity contribution in [2.24, 2.45) is 0 Å². The number of carbonyl (C=O) groups excluding carboxylic acids is 1. The summed E-state index contributed by atoms with van der Waals surface area (Å²) in [5.41, 5.74) is 2.63. The molecule has 0 radical (unpaired) electrons. The number of aromatic nitrogens is 2. The minimum Gasteiger partial charge on any atom is -0.478 e. The van der Waals surface area contributed by atoms with Gasteiger partial charge in [0.2, 0.25) is 5.91 Å². The lowest BCUT2D eigenvalue weighted by molar-refractivity contribution is -0.384. The zero-order valence-electron chi connectivity index (χ0n) is 16.1. The number of benzene rings is 3. The third-order valence-corrected chi connectivity index (χ3v) is 4.71. The fourth-order valence-corrected chi connectivity index (χ4v) is 3.23. The van der Waals surface area contributed by atoms with E-state index in [2.05, 4.69) is 10.3 Å². The highest BCUT2D eigenvalue weighted by Gasteiger charge is 2.16. The smallest absolute Gasteiger partial charge is 0.335 e. The second kappa shape index (κ2) is 8.07. The summed E-state index contributed by atoms with van der Waals surface area (Å²) in [7, 11) is 0. The van der Waals surface area contributed by atoms with Crippen LogP contribution in [0.15, 0.2) is 72.8 Å². The van der Waals surface area contributed by atoms with E-state index in [-0.39, 0.29) is 23.7 Å². The highest BCUT2D eigenvalue weighted by atomic mass is 16.6. The number of imidazole rings is 1. The third-order valence-electron chi connectivity index (χ3n) is 4.71. The number of hydrogen-bond acceptors (Lipinski definition) is 5. The van der Waals surface area contributed by atoms with Gasteiger partial charge in [-0.05, 0) is 48.5 Å². The summed E-state index contributed by atoms with van der Waals surface area (Å²) in [4.78, 5) is 38.7. The first-order chi connectivity index (χ1) is 14.9. The molecular formula is C22H16N4O5. The van der Waals surface area contributed by atoms with E-state index in [0.717, 1.165) is 5.52 Å². The lowest BCUT2D eigenvalue weighted by Gasteiger charge is -2.10. The van der Waals surface area contributed by atoms with Crippen molar-refractivity contribution in [3.05, 3.63) is 88.5 Å². The largest absolute Gasteiger partial charge is 0.478 e. The van der Waals surface area contributed by atoms with Gasteiger partial charge in [-0.3, -0.25) is 14.9 Å². The fraction of sp³-hybridized carbons (Fsp3) is 0.0455. The number of para-hydroxylation sites is 2. The number of nitrogens with one attached hydrogen (secondary N) is 1.